The van der Waals surface area contributed by atoms with Crippen molar-refractivity contribution >= 4 is 35.3 Å². The molecule has 0 spiro atoms. The molecule has 6 nitrogen and oxygen atoms in total. The lowest BCUT2D eigenvalue weighted by Crippen LogP contribution is -2.48. The molecule has 1 aliphatic rings. The minimum atomic E-state index is -0.0218. The average Bonchev–Trinajstić information content (AvgIpc) is 3.45. The molecule has 1 aromatic heterocycles. The van der Waals surface area contributed by atoms with Crippen LogP contribution in [0, 0.1) is 11.3 Å². The lowest BCUT2D eigenvalue weighted by molar-refractivity contribution is 0.0746. The maximum Gasteiger partial charge on any atom is 0.254 e. The van der Waals surface area contributed by atoms with E-state index in [-0.39, 0.29) is 5.91 Å². The Morgan fingerprint density at radius 1 is 0.973 bits per heavy atom. The summed E-state index contributed by atoms with van der Waals surface area (Å²) >= 11 is 6.36. The molecule has 0 bridgehead atoms. The number of carbonyl (C=O) groups is 1. The third-order valence-electron chi connectivity index (χ3n) is 6.44. The van der Waals surface area contributed by atoms with E-state index in [4.69, 9.17) is 16.9 Å². The van der Waals surface area contributed by atoms with Crippen LogP contribution in [0.2, 0.25) is 5.02 Å². The molecule has 2 heterocycles. The number of amides is 1. The van der Waals surface area contributed by atoms with Gasteiger partial charge in [-0.3, -0.25) is 4.79 Å². The van der Waals surface area contributed by atoms with Crippen molar-refractivity contribution in [2.45, 2.75) is 6.54 Å². The van der Waals surface area contributed by atoms with Crippen molar-refractivity contribution in [3.8, 4) is 6.07 Å². The van der Waals surface area contributed by atoms with Gasteiger partial charge in [0.05, 0.1) is 18.0 Å². The lowest BCUT2D eigenvalue weighted by Gasteiger charge is -2.36. The fourth-order valence-corrected chi connectivity index (χ4v) is 4.78. The maximum absolute atomic E-state index is 12.8. The number of hydrogen-bond acceptors (Lipinski definition) is 4. The van der Waals surface area contributed by atoms with Gasteiger partial charge < -0.3 is 14.4 Å². The molecule has 0 radical (unpaired) electrons. The number of rotatable bonds is 6. The van der Waals surface area contributed by atoms with Gasteiger partial charge in [0, 0.05) is 61.4 Å². The van der Waals surface area contributed by atoms with Crippen molar-refractivity contribution in [1.82, 2.24) is 14.5 Å². The number of piperazine rings is 1. The Bertz CT molecular complexity index is 1450. The van der Waals surface area contributed by atoms with Gasteiger partial charge in [0.15, 0.2) is 0 Å². The van der Waals surface area contributed by atoms with Gasteiger partial charge in [0.25, 0.3) is 5.91 Å². The number of hydrogen-bond donors (Lipinski definition) is 0. The molecule has 3 aromatic carbocycles. The van der Waals surface area contributed by atoms with Gasteiger partial charge in [-0.15, -0.1) is 0 Å². The highest BCUT2D eigenvalue weighted by Gasteiger charge is 2.22. The monoisotopic (exact) mass is 507 g/mol. The summed E-state index contributed by atoms with van der Waals surface area (Å²) in [5.74, 6) is -0.0218. The van der Waals surface area contributed by atoms with Gasteiger partial charge in [-0.05, 0) is 65.2 Å². The number of carbonyl (C=O) groups excluding carboxylic acids is 1. The number of anilines is 1. The van der Waals surface area contributed by atoms with E-state index < -0.39 is 0 Å². The molecule has 0 aliphatic carbocycles. The summed E-state index contributed by atoms with van der Waals surface area (Å²) in [5.41, 5.74) is 5.48. The molecule has 1 amide bonds. The van der Waals surface area contributed by atoms with Crippen LogP contribution in [0.5, 0.6) is 0 Å². The van der Waals surface area contributed by atoms with Crippen LogP contribution in [0.25, 0.3) is 12.2 Å². The van der Waals surface area contributed by atoms with Gasteiger partial charge in [0.1, 0.15) is 0 Å². The Morgan fingerprint density at radius 3 is 2.49 bits per heavy atom. The summed E-state index contributed by atoms with van der Waals surface area (Å²) in [6.07, 6.45) is 9.66. The van der Waals surface area contributed by atoms with Crippen LogP contribution in [0.3, 0.4) is 0 Å². The quantitative estimate of drug-likeness (QED) is 0.319. The largest absolute Gasteiger partial charge is 0.368 e. The number of nitriles is 1. The molecular formula is C30H26ClN5O. The second-order valence-electron chi connectivity index (χ2n) is 9.02. The average molecular weight is 508 g/mol. The van der Waals surface area contributed by atoms with E-state index in [0.29, 0.717) is 29.2 Å². The first-order valence-electron chi connectivity index (χ1n) is 12.2. The molecular weight excluding hydrogens is 482 g/mol. The van der Waals surface area contributed by atoms with E-state index in [9.17, 15) is 4.79 Å². The second kappa shape index (κ2) is 11.2. The molecule has 184 valence electrons. The fourth-order valence-electron chi connectivity index (χ4n) is 4.51. The van der Waals surface area contributed by atoms with Gasteiger partial charge in [0.2, 0.25) is 0 Å². The molecule has 4 aromatic rings. The first-order chi connectivity index (χ1) is 18.1. The fraction of sp³-hybridized carbons (Fsp3) is 0.167. The maximum atomic E-state index is 12.8. The van der Waals surface area contributed by atoms with Crippen molar-refractivity contribution in [2.75, 3.05) is 31.1 Å². The first-order valence-corrected chi connectivity index (χ1v) is 12.5. The van der Waals surface area contributed by atoms with Crippen LogP contribution in [-0.2, 0) is 6.54 Å². The van der Waals surface area contributed by atoms with Crippen molar-refractivity contribution < 1.29 is 4.79 Å². The third kappa shape index (κ3) is 6.08. The Balaban J connectivity index is 1.19. The first kappa shape index (κ1) is 24.4. The minimum absolute atomic E-state index is 0.0218. The number of imidazole rings is 1. The highest BCUT2D eigenvalue weighted by Crippen LogP contribution is 2.21. The van der Waals surface area contributed by atoms with Gasteiger partial charge in [-0.1, -0.05) is 42.0 Å². The molecule has 0 atom stereocenters. The normalized spacial score (nSPS) is 13.6. The lowest BCUT2D eigenvalue weighted by atomic mass is 10.1. The van der Waals surface area contributed by atoms with Crippen molar-refractivity contribution in [1.29, 1.82) is 5.26 Å². The highest BCUT2D eigenvalue weighted by atomic mass is 35.5. The highest BCUT2D eigenvalue weighted by molar-refractivity contribution is 6.30. The third-order valence-corrected chi connectivity index (χ3v) is 6.65. The van der Waals surface area contributed by atoms with Crippen LogP contribution < -0.4 is 4.90 Å². The summed E-state index contributed by atoms with van der Waals surface area (Å²) in [4.78, 5) is 21.1. The van der Waals surface area contributed by atoms with Gasteiger partial charge in [-0.25, -0.2) is 4.98 Å². The summed E-state index contributed by atoms with van der Waals surface area (Å²) in [5, 5.41) is 9.81. The van der Waals surface area contributed by atoms with Crippen molar-refractivity contribution in [3.63, 3.8) is 0 Å². The zero-order valence-electron chi connectivity index (χ0n) is 20.3. The Hall–Kier alpha value is -4.34. The molecule has 5 rings (SSSR count). The van der Waals surface area contributed by atoms with E-state index in [2.05, 4.69) is 58.4 Å². The smallest absolute Gasteiger partial charge is 0.254 e. The number of aromatic nitrogens is 2. The molecule has 7 heteroatoms. The van der Waals surface area contributed by atoms with E-state index in [1.54, 1.807) is 36.8 Å². The van der Waals surface area contributed by atoms with E-state index >= 15 is 0 Å². The van der Waals surface area contributed by atoms with E-state index in [0.717, 1.165) is 42.0 Å². The van der Waals surface area contributed by atoms with Gasteiger partial charge in [-0.2, -0.15) is 5.26 Å². The Morgan fingerprint density at radius 2 is 1.76 bits per heavy atom. The van der Waals surface area contributed by atoms with E-state index in [1.807, 2.05) is 27.8 Å². The SMILES string of the molecule is N#Cc1cccc(C(=O)N2CCN(c3ccc(C=Cc4cc(Cl)cc(Cn5ccnc5)c4)cc3)CC2)c1. The van der Waals surface area contributed by atoms with E-state index in [1.165, 1.54) is 0 Å². The van der Waals surface area contributed by atoms with Crippen LogP contribution in [-0.4, -0.2) is 46.5 Å². The summed E-state index contributed by atoms with van der Waals surface area (Å²) in [6.45, 7) is 3.55. The topological polar surface area (TPSA) is 65.2 Å². The van der Waals surface area contributed by atoms with Crippen molar-refractivity contribution in [3.05, 3.63) is 118 Å². The zero-order chi connectivity index (χ0) is 25.6. The second-order valence-corrected chi connectivity index (χ2v) is 9.46. The Labute approximate surface area is 221 Å². The van der Waals surface area contributed by atoms with Crippen molar-refractivity contribution in [2.24, 2.45) is 0 Å². The summed E-state index contributed by atoms with van der Waals surface area (Å²) in [6, 6.07) is 23.5. The Kier molecular flexibility index (Phi) is 7.34. The van der Waals surface area contributed by atoms with Gasteiger partial charge >= 0.3 is 0 Å². The molecule has 1 saturated heterocycles. The summed E-state index contributed by atoms with van der Waals surface area (Å²) < 4.78 is 2.01. The predicted octanol–water partition coefficient (Wildman–Crippen LogP) is 5.59. The molecule has 0 N–H and O–H groups in total. The number of halogens is 1. The molecule has 0 saturated carbocycles. The van der Waals surface area contributed by atoms with Crippen LogP contribution >= 0.6 is 11.6 Å². The zero-order valence-corrected chi connectivity index (χ0v) is 21.1. The number of nitrogens with zero attached hydrogens (tertiary/aromatic N) is 5. The van der Waals surface area contributed by atoms with Crippen LogP contribution in [0.15, 0.2) is 85.5 Å². The standard InChI is InChI=1S/C30H26ClN5O/c31-28-18-24(16-26(19-28)21-34-11-10-33-22-34)5-4-23-6-8-29(9-7-23)35-12-14-36(15-13-35)30(37)27-3-1-2-25(17-27)20-32/h1-11,16-19,22H,12-15,21H2. The summed E-state index contributed by atoms with van der Waals surface area (Å²) in [7, 11) is 0. The predicted molar refractivity (Wildman–Crippen MR) is 147 cm³/mol. The molecule has 0 unspecified atom stereocenters. The molecule has 1 fully saturated rings. The van der Waals surface area contributed by atoms with Crippen LogP contribution in [0.4, 0.5) is 5.69 Å². The minimum Gasteiger partial charge on any atom is -0.368 e. The number of benzene rings is 3. The molecule has 1 aliphatic heterocycles. The molecule has 37 heavy (non-hydrogen) atoms. The van der Waals surface area contributed by atoms with Crippen LogP contribution in [0.1, 0.15) is 32.6 Å².